The van der Waals surface area contributed by atoms with Gasteiger partial charge in [-0.2, -0.15) is 9.78 Å². The molecule has 0 saturated heterocycles. The Hall–Kier alpha value is -2.76. The molecule has 0 aliphatic carbocycles. The van der Waals surface area contributed by atoms with Gasteiger partial charge in [0, 0.05) is 31.3 Å². The van der Waals surface area contributed by atoms with Crippen LogP contribution in [0.3, 0.4) is 0 Å². The highest BCUT2D eigenvalue weighted by Gasteiger charge is 2.27. The zero-order valence-corrected chi connectivity index (χ0v) is 18.4. The summed E-state index contributed by atoms with van der Waals surface area (Å²) in [5.41, 5.74) is 4.83. The number of hydrogen-bond donors (Lipinski definition) is 0. The topological polar surface area (TPSA) is 62.9 Å². The van der Waals surface area contributed by atoms with Gasteiger partial charge in [0.1, 0.15) is 5.71 Å². The van der Waals surface area contributed by atoms with Crippen LogP contribution in [0.15, 0.2) is 39.2 Å². The highest BCUT2D eigenvalue weighted by Crippen LogP contribution is 2.27. The van der Waals surface area contributed by atoms with E-state index >= 15 is 0 Å². The Morgan fingerprint density at radius 3 is 2.41 bits per heavy atom. The van der Waals surface area contributed by atoms with Gasteiger partial charge in [0.15, 0.2) is 5.82 Å². The summed E-state index contributed by atoms with van der Waals surface area (Å²) in [6.45, 7) is 8.10. The molecule has 0 fully saturated rings. The first-order valence-electron chi connectivity index (χ1n) is 10.4. The third kappa shape index (κ3) is 4.16. The second-order valence-corrected chi connectivity index (χ2v) is 7.87. The summed E-state index contributed by atoms with van der Waals surface area (Å²) in [5, 5.41) is 4.44. The predicted molar refractivity (Wildman–Crippen MR) is 121 cm³/mol. The zero-order valence-electron chi connectivity index (χ0n) is 18.4. The van der Waals surface area contributed by atoms with Crippen molar-refractivity contribution >= 4 is 22.8 Å². The Labute approximate surface area is 173 Å². The van der Waals surface area contributed by atoms with Crippen molar-refractivity contribution in [2.75, 3.05) is 19.0 Å². The van der Waals surface area contributed by atoms with Gasteiger partial charge in [0.25, 0.3) is 5.56 Å². The van der Waals surface area contributed by atoms with E-state index in [0.29, 0.717) is 22.8 Å². The van der Waals surface area contributed by atoms with Gasteiger partial charge in [-0.1, -0.05) is 26.7 Å². The average molecular weight is 394 g/mol. The van der Waals surface area contributed by atoms with E-state index in [1.807, 2.05) is 57.1 Å². The Morgan fingerprint density at radius 2 is 1.83 bits per heavy atom. The molecule has 1 aliphatic heterocycles. The Bertz CT molecular complexity index is 999. The standard InChI is InChI=1S/C23H31N5O/c1-7-9-10-17(8-2)20-15(3)23(29)28-22(25-20)21(16(4)26-28)24-18-11-13-19(14-12-18)27(5)6/h11-14,17H,7-10H2,1-6H3. The molecule has 0 saturated carbocycles. The summed E-state index contributed by atoms with van der Waals surface area (Å²) in [7, 11) is 4.02. The molecule has 1 aromatic carbocycles. The van der Waals surface area contributed by atoms with Crippen LogP contribution < -0.4 is 10.5 Å². The Balaban J connectivity index is 2.06. The average Bonchev–Trinajstić information content (AvgIpc) is 3.02. The number of unbranched alkanes of at least 4 members (excludes halogenated alkanes) is 1. The number of fused-ring (bicyclic) bond motifs is 1. The zero-order chi connectivity index (χ0) is 21.1. The molecule has 2 aromatic rings. The summed E-state index contributed by atoms with van der Waals surface area (Å²) in [6.07, 6.45) is 4.28. The molecule has 6 nitrogen and oxygen atoms in total. The normalized spacial score (nSPS) is 15.4. The van der Waals surface area contributed by atoms with Gasteiger partial charge >= 0.3 is 0 Å². The second kappa shape index (κ2) is 8.72. The summed E-state index contributed by atoms with van der Waals surface area (Å²) >= 11 is 0. The van der Waals surface area contributed by atoms with Gasteiger partial charge in [-0.25, -0.2) is 9.98 Å². The first-order chi connectivity index (χ1) is 13.9. The minimum Gasteiger partial charge on any atom is -0.378 e. The highest BCUT2D eigenvalue weighted by molar-refractivity contribution is 6.48. The number of anilines is 1. The fourth-order valence-corrected chi connectivity index (χ4v) is 3.68. The van der Waals surface area contributed by atoms with Crippen LogP contribution in [0.2, 0.25) is 0 Å². The molecule has 0 amide bonds. The third-order valence-electron chi connectivity index (χ3n) is 5.52. The molecule has 1 atom stereocenters. The van der Waals surface area contributed by atoms with Crippen molar-refractivity contribution in [1.29, 1.82) is 0 Å². The summed E-state index contributed by atoms with van der Waals surface area (Å²) in [4.78, 5) is 24.7. The van der Waals surface area contributed by atoms with E-state index in [0.717, 1.165) is 42.8 Å². The second-order valence-electron chi connectivity index (χ2n) is 7.87. The van der Waals surface area contributed by atoms with Crippen LogP contribution >= 0.6 is 0 Å². The van der Waals surface area contributed by atoms with Gasteiger partial charge in [-0.15, -0.1) is 0 Å². The van der Waals surface area contributed by atoms with Gasteiger partial charge in [-0.05, 0) is 51.0 Å². The van der Waals surface area contributed by atoms with Gasteiger partial charge in [0.05, 0.1) is 17.1 Å². The van der Waals surface area contributed by atoms with Crippen LogP contribution in [-0.2, 0) is 0 Å². The monoisotopic (exact) mass is 393 g/mol. The number of benzene rings is 1. The lowest BCUT2D eigenvalue weighted by molar-refractivity contribution is 0.548. The number of hydrogen-bond acceptors (Lipinski definition) is 5. The highest BCUT2D eigenvalue weighted by atomic mass is 16.1. The number of rotatable bonds is 7. The van der Waals surface area contributed by atoms with E-state index in [1.54, 1.807) is 0 Å². The van der Waals surface area contributed by atoms with Crippen molar-refractivity contribution < 1.29 is 0 Å². The first kappa shape index (κ1) is 21.0. The molecule has 0 radical (unpaired) electrons. The van der Waals surface area contributed by atoms with Crippen molar-refractivity contribution in [3.63, 3.8) is 0 Å². The van der Waals surface area contributed by atoms with E-state index in [9.17, 15) is 4.79 Å². The molecule has 1 aromatic heterocycles. The Morgan fingerprint density at radius 1 is 1.14 bits per heavy atom. The largest absolute Gasteiger partial charge is 0.378 e. The van der Waals surface area contributed by atoms with Crippen molar-refractivity contribution in [2.45, 2.75) is 59.3 Å². The van der Waals surface area contributed by atoms with E-state index in [1.165, 1.54) is 4.68 Å². The molecule has 154 valence electrons. The number of aliphatic imine (C=N–C) groups is 1. The smallest absolute Gasteiger partial charge is 0.277 e. The fourth-order valence-electron chi connectivity index (χ4n) is 3.68. The minimum atomic E-state index is -0.0903. The SMILES string of the molecule is CCCCC(CC)c1nc2n(c(=O)c1C)N=C(C)C2=Nc1ccc(N(C)C)cc1. The summed E-state index contributed by atoms with van der Waals surface area (Å²) < 4.78 is 1.41. The van der Waals surface area contributed by atoms with E-state index < -0.39 is 0 Å². The molecule has 6 heteroatoms. The molecule has 0 bridgehead atoms. The van der Waals surface area contributed by atoms with E-state index in [-0.39, 0.29) is 11.5 Å². The van der Waals surface area contributed by atoms with Crippen LogP contribution in [0.4, 0.5) is 11.4 Å². The van der Waals surface area contributed by atoms with Gasteiger partial charge in [0.2, 0.25) is 0 Å². The molecule has 3 rings (SSSR count). The molecule has 29 heavy (non-hydrogen) atoms. The minimum absolute atomic E-state index is 0.0903. The molecular formula is C23H31N5O. The lowest BCUT2D eigenvalue weighted by atomic mass is 9.93. The lowest BCUT2D eigenvalue weighted by Gasteiger charge is -2.17. The third-order valence-corrected chi connectivity index (χ3v) is 5.52. The molecular weight excluding hydrogens is 362 g/mol. The number of aromatic nitrogens is 2. The molecule has 0 N–H and O–H groups in total. The maximum Gasteiger partial charge on any atom is 0.277 e. The molecule has 1 aliphatic rings. The van der Waals surface area contributed by atoms with Gasteiger partial charge in [-0.3, -0.25) is 4.79 Å². The van der Waals surface area contributed by atoms with Gasteiger partial charge < -0.3 is 4.90 Å². The molecule has 0 spiro atoms. The molecule has 2 heterocycles. The van der Waals surface area contributed by atoms with Crippen molar-refractivity contribution in [1.82, 2.24) is 9.66 Å². The van der Waals surface area contributed by atoms with E-state index in [4.69, 9.17) is 9.98 Å². The fraction of sp³-hybridized carbons (Fsp3) is 0.478. The van der Waals surface area contributed by atoms with Crippen molar-refractivity contribution in [3.05, 3.63) is 51.7 Å². The molecule has 1 unspecified atom stereocenters. The summed E-state index contributed by atoms with van der Waals surface area (Å²) in [6, 6.07) is 8.00. The maximum absolute atomic E-state index is 13.0. The van der Waals surface area contributed by atoms with Crippen LogP contribution in [0.1, 0.15) is 69.5 Å². The van der Waals surface area contributed by atoms with Crippen molar-refractivity contribution in [2.24, 2.45) is 10.1 Å². The summed E-state index contributed by atoms with van der Waals surface area (Å²) in [5.74, 6) is 0.842. The van der Waals surface area contributed by atoms with Crippen LogP contribution in [0, 0.1) is 6.92 Å². The van der Waals surface area contributed by atoms with Crippen LogP contribution in [0.25, 0.3) is 0 Å². The quantitative estimate of drug-likeness (QED) is 0.687. The lowest BCUT2D eigenvalue weighted by Crippen LogP contribution is -2.26. The van der Waals surface area contributed by atoms with E-state index in [2.05, 4.69) is 18.9 Å². The van der Waals surface area contributed by atoms with Crippen molar-refractivity contribution in [3.8, 4) is 0 Å². The van der Waals surface area contributed by atoms with Crippen LogP contribution in [-0.4, -0.2) is 35.2 Å². The first-order valence-corrected chi connectivity index (χ1v) is 10.4. The van der Waals surface area contributed by atoms with Crippen LogP contribution in [0.5, 0.6) is 0 Å². The predicted octanol–water partition coefficient (Wildman–Crippen LogP) is 4.66. The number of nitrogens with zero attached hydrogens (tertiary/aromatic N) is 5. The maximum atomic E-state index is 13.0. The Kier molecular flexibility index (Phi) is 6.30.